The molecule has 0 saturated carbocycles. The maximum Gasteiger partial charge on any atom is 0.224 e. The normalized spacial score (nSPS) is 20.0. The van der Waals surface area contributed by atoms with Crippen LogP contribution in [-0.4, -0.2) is 35.3 Å². The topological polar surface area (TPSA) is 58.7 Å². The number of rotatable bonds is 5. The van der Waals surface area contributed by atoms with E-state index in [1.807, 2.05) is 0 Å². The first kappa shape index (κ1) is 17.6. The molecule has 1 aromatic rings. The molecular weight excluding hydrogens is 345 g/mol. The highest BCUT2D eigenvalue weighted by molar-refractivity contribution is 5.81. The highest BCUT2D eigenvalue weighted by atomic mass is 19.2. The Kier molecular flexibility index (Phi) is 4.62. The fourth-order valence-electron chi connectivity index (χ4n) is 3.04. The number of likely N-dealkylation sites (tertiary alicyclic amines) is 1. The third-order valence-corrected chi connectivity index (χ3v) is 4.33. The van der Waals surface area contributed by atoms with Gasteiger partial charge < -0.3 is 10.6 Å². The number of halogens is 5. The van der Waals surface area contributed by atoms with Crippen LogP contribution in [-0.2, 0) is 11.2 Å². The number of carbonyl (C=O) groups excluding carboxylic acids is 1. The van der Waals surface area contributed by atoms with Crippen LogP contribution in [0.25, 0.3) is 0 Å². The maximum atomic E-state index is 13.7. The Bertz CT molecular complexity index is 774. The van der Waals surface area contributed by atoms with E-state index in [9.17, 15) is 26.7 Å². The predicted octanol–water partition coefficient (Wildman–Crippen LogP) is 2.20. The van der Waals surface area contributed by atoms with Crippen molar-refractivity contribution in [2.24, 2.45) is 10.7 Å². The number of hydrogen-bond donors (Lipinski definition) is 1. The molecule has 2 aliphatic rings. The lowest BCUT2D eigenvalue weighted by molar-refractivity contribution is -0.131. The molecule has 1 aromatic carbocycles. The van der Waals surface area contributed by atoms with Crippen LogP contribution in [0.2, 0.25) is 0 Å². The van der Waals surface area contributed by atoms with Crippen molar-refractivity contribution >= 4 is 11.8 Å². The average molecular weight is 359 g/mol. The molecule has 4 nitrogen and oxygen atoms in total. The summed E-state index contributed by atoms with van der Waals surface area (Å²) in [7, 11) is 0. The van der Waals surface area contributed by atoms with Crippen LogP contribution in [0, 0.1) is 29.1 Å². The van der Waals surface area contributed by atoms with E-state index < -0.39 is 47.1 Å². The van der Waals surface area contributed by atoms with E-state index in [0.29, 0.717) is 12.2 Å². The highest BCUT2D eigenvalue weighted by Crippen LogP contribution is 2.28. The lowest BCUT2D eigenvalue weighted by Crippen LogP contribution is -2.39. The van der Waals surface area contributed by atoms with Gasteiger partial charge in [-0.2, -0.15) is 4.99 Å². The maximum absolute atomic E-state index is 13.7. The van der Waals surface area contributed by atoms with E-state index in [4.69, 9.17) is 5.73 Å². The molecule has 0 unspecified atom stereocenters. The first-order chi connectivity index (χ1) is 11.8. The Morgan fingerprint density at radius 1 is 1.16 bits per heavy atom. The molecule has 1 fully saturated rings. The van der Waals surface area contributed by atoms with Gasteiger partial charge >= 0.3 is 0 Å². The van der Waals surface area contributed by atoms with Crippen molar-refractivity contribution in [1.82, 2.24) is 4.90 Å². The number of aliphatic imine (C=N–C) groups is 1. The summed E-state index contributed by atoms with van der Waals surface area (Å²) >= 11 is 0. The molecule has 134 valence electrons. The highest BCUT2D eigenvalue weighted by Gasteiger charge is 2.35. The van der Waals surface area contributed by atoms with Gasteiger partial charge in [-0.05, 0) is 19.3 Å². The van der Waals surface area contributed by atoms with Crippen molar-refractivity contribution in [2.45, 2.75) is 37.8 Å². The summed E-state index contributed by atoms with van der Waals surface area (Å²) in [4.78, 5) is 17.7. The van der Waals surface area contributed by atoms with Crippen molar-refractivity contribution in [2.75, 3.05) is 6.54 Å². The Balaban J connectivity index is 1.70. The summed E-state index contributed by atoms with van der Waals surface area (Å²) in [6.45, 7) is 0.499. The van der Waals surface area contributed by atoms with Crippen LogP contribution in [0.5, 0.6) is 0 Å². The summed E-state index contributed by atoms with van der Waals surface area (Å²) < 4.78 is 66.8. The van der Waals surface area contributed by atoms with E-state index in [-0.39, 0.29) is 18.4 Å². The van der Waals surface area contributed by atoms with Crippen molar-refractivity contribution in [1.29, 1.82) is 0 Å². The number of hydrogen-bond acceptors (Lipinski definition) is 3. The van der Waals surface area contributed by atoms with E-state index >= 15 is 0 Å². The first-order valence-electron chi connectivity index (χ1n) is 7.70. The number of nitrogens with two attached hydrogens (primary N) is 1. The van der Waals surface area contributed by atoms with Gasteiger partial charge in [0.15, 0.2) is 23.3 Å². The van der Waals surface area contributed by atoms with Crippen molar-refractivity contribution in [3.63, 3.8) is 0 Å². The smallest absolute Gasteiger partial charge is 0.224 e. The largest absolute Gasteiger partial charge is 0.333 e. The minimum absolute atomic E-state index is 0.172. The van der Waals surface area contributed by atoms with Gasteiger partial charge in [0.25, 0.3) is 0 Å². The summed E-state index contributed by atoms with van der Waals surface area (Å²) in [5.41, 5.74) is 5.40. The molecule has 1 amide bonds. The van der Waals surface area contributed by atoms with E-state index in [2.05, 4.69) is 10.9 Å². The van der Waals surface area contributed by atoms with Crippen LogP contribution in [0.3, 0.4) is 0 Å². The molecule has 0 aliphatic carbocycles. The van der Waals surface area contributed by atoms with Gasteiger partial charge in [-0.25, -0.2) is 22.0 Å². The van der Waals surface area contributed by atoms with Gasteiger partial charge in [0.2, 0.25) is 11.7 Å². The minimum atomic E-state index is -2.22. The monoisotopic (exact) mass is 359 g/mol. The molecular formula is C16H14F5N3O. The van der Waals surface area contributed by atoms with Crippen LogP contribution in [0.15, 0.2) is 10.7 Å². The summed E-state index contributed by atoms with van der Waals surface area (Å²) in [6, 6.07) is -1.26. The number of carbonyl (C=O) groups is 1. The second kappa shape index (κ2) is 6.57. The second-order valence-electron chi connectivity index (χ2n) is 6.07. The molecule has 2 aliphatic heterocycles. The number of amides is 1. The Labute approximate surface area is 139 Å². The quantitative estimate of drug-likeness (QED) is 0.498. The molecule has 2 heterocycles. The SMILES string of the molecule is N[C@@H](CC(=O)N1CCC[C@H]1C1=C=N1)Cc1c(F)c(F)c(F)c(F)c1F. The predicted molar refractivity (Wildman–Crippen MR) is 78.2 cm³/mol. The fourth-order valence-corrected chi connectivity index (χ4v) is 3.04. The molecule has 2 N–H and O–H groups in total. The third-order valence-electron chi connectivity index (χ3n) is 4.33. The molecule has 2 atom stereocenters. The Morgan fingerprint density at radius 3 is 2.28 bits per heavy atom. The zero-order valence-electron chi connectivity index (χ0n) is 13.0. The fraction of sp³-hybridized carbons (Fsp3) is 0.438. The number of nitrogens with zero attached hydrogens (tertiary/aromatic N) is 2. The molecule has 0 radical (unpaired) electrons. The molecule has 9 heteroatoms. The summed E-state index contributed by atoms with van der Waals surface area (Å²) in [5, 5.41) is 0. The lowest BCUT2D eigenvalue weighted by atomic mass is 10.0. The molecule has 0 aromatic heterocycles. The molecule has 0 spiro atoms. The Morgan fingerprint density at radius 2 is 1.72 bits per heavy atom. The average Bonchev–Trinajstić information content (AvgIpc) is 3.31. The minimum Gasteiger partial charge on any atom is -0.333 e. The van der Waals surface area contributed by atoms with E-state index in [1.165, 1.54) is 0 Å². The molecule has 25 heavy (non-hydrogen) atoms. The van der Waals surface area contributed by atoms with Crippen LogP contribution >= 0.6 is 0 Å². The van der Waals surface area contributed by atoms with E-state index in [0.717, 1.165) is 12.8 Å². The zero-order chi connectivity index (χ0) is 18.3. The van der Waals surface area contributed by atoms with Gasteiger partial charge in [0.05, 0.1) is 6.04 Å². The van der Waals surface area contributed by atoms with Gasteiger partial charge in [-0.15, -0.1) is 0 Å². The van der Waals surface area contributed by atoms with Gasteiger partial charge in [0.1, 0.15) is 5.70 Å². The zero-order valence-corrected chi connectivity index (χ0v) is 13.0. The summed E-state index contributed by atoms with van der Waals surface area (Å²) in [6.07, 6.45) is 0.604. The standard InChI is InChI=1S/C16H14F5N3O/c17-12-8(13(18)15(20)16(21)14(12)19)4-7(22)5-11(25)24-3-1-2-10(24)9-6-23-9/h7,10H,1-5,22H2/t7-,10+/m1/s1. The van der Waals surface area contributed by atoms with Crippen LogP contribution < -0.4 is 5.73 Å². The van der Waals surface area contributed by atoms with E-state index in [1.54, 1.807) is 4.90 Å². The third kappa shape index (κ3) is 3.29. The molecule has 3 rings (SSSR count). The van der Waals surface area contributed by atoms with Crippen molar-refractivity contribution in [3.8, 4) is 0 Å². The number of benzene rings is 1. The Hall–Kier alpha value is -2.25. The van der Waals surface area contributed by atoms with Gasteiger partial charge in [-0.3, -0.25) is 4.79 Å². The second-order valence-corrected chi connectivity index (χ2v) is 6.07. The van der Waals surface area contributed by atoms with Crippen molar-refractivity contribution in [3.05, 3.63) is 40.3 Å². The summed E-state index contributed by atoms with van der Waals surface area (Å²) in [5.74, 6) is -7.78. The van der Waals surface area contributed by atoms with Gasteiger partial charge in [0, 0.05) is 30.4 Å². The molecule has 1 saturated heterocycles. The van der Waals surface area contributed by atoms with Crippen molar-refractivity contribution < 1.29 is 26.7 Å². The van der Waals surface area contributed by atoms with Gasteiger partial charge in [-0.1, -0.05) is 0 Å². The van der Waals surface area contributed by atoms with Crippen LogP contribution in [0.4, 0.5) is 22.0 Å². The first-order valence-corrected chi connectivity index (χ1v) is 7.70. The van der Waals surface area contributed by atoms with Crippen LogP contribution in [0.1, 0.15) is 24.8 Å². The molecule has 0 bridgehead atoms. The lowest BCUT2D eigenvalue weighted by Gasteiger charge is -2.23.